The number of rotatable bonds is 4. The molecule has 104 valence electrons. The lowest BCUT2D eigenvalue weighted by molar-refractivity contribution is -0.138. The number of anilines is 1. The lowest BCUT2D eigenvalue weighted by Gasteiger charge is -2.16. The predicted molar refractivity (Wildman–Crippen MR) is 79.6 cm³/mol. The molecule has 0 bridgehead atoms. The summed E-state index contributed by atoms with van der Waals surface area (Å²) in [6.07, 6.45) is 0. The summed E-state index contributed by atoms with van der Waals surface area (Å²) in [7, 11) is 0. The maximum Gasteiger partial charge on any atom is 0.330 e. The molecule has 2 aromatic carbocycles. The molecule has 0 radical (unpaired) electrons. The summed E-state index contributed by atoms with van der Waals surface area (Å²) < 4.78 is 13.4. The van der Waals surface area contributed by atoms with Crippen LogP contribution in [0.5, 0.6) is 0 Å². The van der Waals surface area contributed by atoms with Gasteiger partial charge in [0.15, 0.2) is 6.04 Å². The van der Waals surface area contributed by atoms with Crippen LogP contribution in [-0.4, -0.2) is 11.1 Å². The molecule has 0 saturated heterocycles. The van der Waals surface area contributed by atoms with Gasteiger partial charge in [0, 0.05) is 10.7 Å². The van der Waals surface area contributed by atoms with Crippen LogP contribution in [-0.2, 0) is 4.79 Å². The van der Waals surface area contributed by atoms with E-state index >= 15 is 0 Å². The van der Waals surface area contributed by atoms with Crippen molar-refractivity contribution in [3.8, 4) is 0 Å². The van der Waals surface area contributed by atoms with Crippen molar-refractivity contribution >= 4 is 39.2 Å². The average Bonchev–Trinajstić information content (AvgIpc) is 2.39. The van der Waals surface area contributed by atoms with Gasteiger partial charge in [0.1, 0.15) is 5.82 Å². The van der Waals surface area contributed by atoms with Crippen LogP contribution in [0.3, 0.4) is 0 Å². The van der Waals surface area contributed by atoms with Crippen molar-refractivity contribution in [2.24, 2.45) is 0 Å². The summed E-state index contributed by atoms with van der Waals surface area (Å²) in [6, 6.07) is 9.82. The van der Waals surface area contributed by atoms with Gasteiger partial charge in [-0.2, -0.15) is 0 Å². The van der Waals surface area contributed by atoms with Crippen LogP contribution in [0.4, 0.5) is 10.1 Å². The standard InChI is InChI=1S/C14H10BrClFNO2/c15-11-6-8(4-5-12(11)17)13(14(19)20)18-10-3-1-2-9(16)7-10/h1-7,13,18H,(H,19,20). The highest BCUT2D eigenvalue weighted by Crippen LogP contribution is 2.25. The van der Waals surface area contributed by atoms with Crippen molar-refractivity contribution in [1.82, 2.24) is 0 Å². The molecule has 0 saturated carbocycles. The summed E-state index contributed by atoms with van der Waals surface area (Å²) in [4.78, 5) is 11.4. The maximum atomic E-state index is 13.2. The topological polar surface area (TPSA) is 49.3 Å². The second-order valence-corrected chi connectivity index (χ2v) is 5.39. The Kier molecular flexibility index (Phi) is 4.62. The number of nitrogens with one attached hydrogen (secondary N) is 1. The third kappa shape index (κ3) is 3.49. The van der Waals surface area contributed by atoms with Crippen LogP contribution < -0.4 is 5.32 Å². The number of halogens is 3. The fourth-order valence-electron chi connectivity index (χ4n) is 1.72. The number of hydrogen-bond donors (Lipinski definition) is 2. The Bertz CT molecular complexity index is 651. The molecule has 1 atom stereocenters. The summed E-state index contributed by atoms with van der Waals surface area (Å²) in [5.74, 6) is -1.51. The van der Waals surface area contributed by atoms with Gasteiger partial charge in [0.2, 0.25) is 0 Å². The van der Waals surface area contributed by atoms with Gasteiger partial charge in [-0.15, -0.1) is 0 Å². The summed E-state index contributed by atoms with van der Waals surface area (Å²) in [5.41, 5.74) is 1.01. The van der Waals surface area contributed by atoms with E-state index in [4.69, 9.17) is 11.6 Å². The number of hydrogen-bond acceptors (Lipinski definition) is 2. The molecule has 6 heteroatoms. The second-order valence-electron chi connectivity index (χ2n) is 4.10. The zero-order valence-electron chi connectivity index (χ0n) is 10.1. The smallest absolute Gasteiger partial charge is 0.330 e. The minimum absolute atomic E-state index is 0.217. The van der Waals surface area contributed by atoms with Crippen LogP contribution in [0, 0.1) is 5.82 Å². The first kappa shape index (κ1) is 14.8. The zero-order valence-corrected chi connectivity index (χ0v) is 12.5. The zero-order chi connectivity index (χ0) is 14.7. The van der Waals surface area contributed by atoms with Crippen molar-refractivity contribution in [3.05, 3.63) is 63.3 Å². The average molecular weight is 359 g/mol. The van der Waals surface area contributed by atoms with Gasteiger partial charge in [-0.1, -0.05) is 23.7 Å². The van der Waals surface area contributed by atoms with E-state index in [2.05, 4.69) is 21.2 Å². The molecule has 0 aromatic heterocycles. The number of carbonyl (C=O) groups is 1. The third-order valence-electron chi connectivity index (χ3n) is 2.66. The van der Waals surface area contributed by atoms with Crippen molar-refractivity contribution in [2.45, 2.75) is 6.04 Å². The number of aliphatic carboxylic acids is 1. The van der Waals surface area contributed by atoms with E-state index in [1.807, 2.05) is 0 Å². The fraction of sp³-hybridized carbons (Fsp3) is 0.0714. The number of carboxylic acids is 1. The number of benzene rings is 2. The summed E-state index contributed by atoms with van der Waals surface area (Å²) in [6.45, 7) is 0. The van der Waals surface area contributed by atoms with Gasteiger partial charge in [-0.3, -0.25) is 0 Å². The normalized spacial score (nSPS) is 11.9. The molecule has 0 fully saturated rings. The van der Waals surface area contributed by atoms with Gasteiger partial charge < -0.3 is 10.4 Å². The molecule has 1 unspecified atom stereocenters. The molecule has 0 heterocycles. The Labute approximate surface area is 128 Å². The first-order valence-electron chi connectivity index (χ1n) is 5.67. The molecule has 0 aliphatic heterocycles. The summed E-state index contributed by atoms with van der Waals surface area (Å²) in [5, 5.41) is 12.7. The highest BCUT2D eigenvalue weighted by Gasteiger charge is 2.20. The van der Waals surface area contributed by atoms with Crippen molar-refractivity contribution in [2.75, 3.05) is 5.32 Å². The largest absolute Gasteiger partial charge is 0.479 e. The third-order valence-corrected chi connectivity index (χ3v) is 3.50. The van der Waals surface area contributed by atoms with Crippen molar-refractivity contribution in [1.29, 1.82) is 0 Å². The minimum Gasteiger partial charge on any atom is -0.479 e. The molecule has 2 N–H and O–H groups in total. The van der Waals surface area contributed by atoms with E-state index in [9.17, 15) is 14.3 Å². The summed E-state index contributed by atoms with van der Waals surface area (Å²) >= 11 is 8.90. The molecule has 0 spiro atoms. The van der Waals surface area contributed by atoms with Crippen LogP contribution in [0.2, 0.25) is 5.02 Å². The second kappa shape index (κ2) is 6.24. The van der Waals surface area contributed by atoms with Gasteiger partial charge >= 0.3 is 5.97 Å². The molecule has 0 aliphatic rings. The van der Waals surface area contributed by atoms with Crippen molar-refractivity contribution < 1.29 is 14.3 Å². The van der Waals surface area contributed by atoms with Crippen LogP contribution >= 0.6 is 27.5 Å². The van der Waals surface area contributed by atoms with Gasteiger partial charge in [0.25, 0.3) is 0 Å². The Morgan fingerprint density at radius 3 is 2.65 bits per heavy atom. The lowest BCUT2D eigenvalue weighted by atomic mass is 10.1. The molecule has 3 nitrogen and oxygen atoms in total. The van der Waals surface area contributed by atoms with E-state index in [0.717, 1.165) is 0 Å². The maximum absolute atomic E-state index is 13.2. The van der Waals surface area contributed by atoms with Crippen LogP contribution in [0.1, 0.15) is 11.6 Å². The molecule has 0 aliphatic carbocycles. The van der Waals surface area contributed by atoms with Crippen LogP contribution in [0.15, 0.2) is 46.9 Å². The van der Waals surface area contributed by atoms with Crippen molar-refractivity contribution in [3.63, 3.8) is 0 Å². The van der Waals surface area contributed by atoms with Gasteiger partial charge in [-0.25, -0.2) is 9.18 Å². The predicted octanol–water partition coefficient (Wildman–Crippen LogP) is 4.48. The van der Waals surface area contributed by atoms with E-state index in [1.54, 1.807) is 24.3 Å². The Hall–Kier alpha value is -1.59. The SMILES string of the molecule is O=C(O)C(Nc1cccc(Cl)c1)c1ccc(F)c(Br)c1. The first-order valence-corrected chi connectivity index (χ1v) is 6.84. The Morgan fingerprint density at radius 2 is 2.05 bits per heavy atom. The first-order chi connectivity index (χ1) is 9.47. The van der Waals surface area contributed by atoms with E-state index in [1.165, 1.54) is 18.2 Å². The fourth-order valence-corrected chi connectivity index (χ4v) is 2.31. The molecule has 0 amide bonds. The van der Waals surface area contributed by atoms with Gasteiger partial charge in [0.05, 0.1) is 4.47 Å². The van der Waals surface area contributed by atoms with E-state index in [-0.39, 0.29) is 4.47 Å². The molecular formula is C14H10BrClFNO2. The Balaban J connectivity index is 2.32. The number of carboxylic acid groups (broad SMARTS) is 1. The molecule has 2 aromatic rings. The molecule has 20 heavy (non-hydrogen) atoms. The van der Waals surface area contributed by atoms with Crippen LogP contribution in [0.25, 0.3) is 0 Å². The highest BCUT2D eigenvalue weighted by atomic mass is 79.9. The quantitative estimate of drug-likeness (QED) is 0.847. The minimum atomic E-state index is -1.07. The monoisotopic (exact) mass is 357 g/mol. The lowest BCUT2D eigenvalue weighted by Crippen LogP contribution is -2.20. The Morgan fingerprint density at radius 1 is 1.30 bits per heavy atom. The van der Waals surface area contributed by atoms with Gasteiger partial charge in [-0.05, 0) is 51.8 Å². The van der Waals surface area contributed by atoms with E-state index < -0.39 is 17.8 Å². The molecule has 2 rings (SSSR count). The molecular weight excluding hydrogens is 349 g/mol. The van der Waals surface area contributed by atoms with E-state index in [0.29, 0.717) is 16.3 Å². The highest BCUT2D eigenvalue weighted by molar-refractivity contribution is 9.10.